The number of methoxy groups -OCH3 is 1. The van der Waals surface area contributed by atoms with Crippen molar-refractivity contribution in [3.05, 3.63) is 24.0 Å². The maximum atomic E-state index is 13.2. The minimum atomic E-state index is -3.94. The number of nitrogens with one attached hydrogen (secondary N) is 1. The van der Waals surface area contributed by atoms with Gasteiger partial charge in [0.1, 0.15) is 16.5 Å². The monoisotopic (exact) mass is 303 g/mol. The molecule has 2 rings (SSSR count). The number of sulfonamides is 1. The summed E-state index contributed by atoms with van der Waals surface area (Å²) in [6.45, 7) is 0. The molecule has 1 fully saturated rings. The Kier molecular flexibility index (Phi) is 3.96. The van der Waals surface area contributed by atoms with Crippen molar-refractivity contribution in [3.8, 4) is 5.75 Å². The molecular formula is C12H14FNO5S. The second-order valence-electron chi connectivity index (χ2n) is 4.62. The lowest BCUT2D eigenvalue weighted by Crippen LogP contribution is -2.46. The van der Waals surface area contributed by atoms with Crippen molar-refractivity contribution in [2.75, 3.05) is 7.11 Å². The molecular weight excluding hydrogens is 289 g/mol. The highest BCUT2D eigenvalue weighted by Crippen LogP contribution is 2.30. The molecule has 0 saturated heterocycles. The molecule has 2 N–H and O–H groups in total. The molecule has 0 radical (unpaired) electrons. The minimum Gasteiger partial charge on any atom is -0.495 e. The number of carboxylic acids is 1. The van der Waals surface area contributed by atoms with Crippen LogP contribution < -0.4 is 9.46 Å². The molecule has 1 aliphatic rings. The molecule has 8 heteroatoms. The standard InChI is InChI=1S/C12H14FNO5S/c1-19-10-3-2-8(13)6-11(10)20(17,18)14-9-4-7(5-9)12(15)16/h2-3,6-7,9,14H,4-5H2,1H3,(H,15,16). The number of ether oxygens (including phenoxy) is 1. The molecule has 0 aromatic heterocycles. The zero-order chi connectivity index (χ0) is 14.9. The number of aliphatic carboxylic acids is 1. The molecule has 0 unspecified atom stereocenters. The Bertz CT molecular complexity index is 625. The van der Waals surface area contributed by atoms with E-state index in [1.54, 1.807) is 0 Å². The van der Waals surface area contributed by atoms with Gasteiger partial charge in [-0.05, 0) is 31.0 Å². The fourth-order valence-corrected chi connectivity index (χ4v) is 3.50. The molecule has 0 aliphatic heterocycles. The molecule has 6 nitrogen and oxygen atoms in total. The topological polar surface area (TPSA) is 92.7 Å². The lowest BCUT2D eigenvalue weighted by atomic mass is 9.81. The van der Waals surface area contributed by atoms with Crippen LogP contribution in [0.25, 0.3) is 0 Å². The summed E-state index contributed by atoms with van der Waals surface area (Å²) in [5.74, 6) is -2.13. The largest absolute Gasteiger partial charge is 0.495 e. The van der Waals surface area contributed by atoms with E-state index in [0.29, 0.717) is 0 Å². The second-order valence-corrected chi connectivity index (χ2v) is 6.30. The summed E-state index contributed by atoms with van der Waals surface area (Å²) < 4.78 is 44.7. The van der Waals surface area contributed by atoms with Crippen LogP contribution in [-0.4, -0.2) is 32.6 Å². The quantitative estimate of drug-likeness (QED) is 0.845. The van der Waals surface area contributed by atoms with Gasteiger partial charge < -0.3 is 9.84 Å². The zero-order valence-corrected chi connectivity index (χ0v) is 11.5. The maximum absolute atomic E-state index is 13.2. The highest BCUT2D eigenvalue weighted by atomic mass is 32.2. The first kappa shape index (κ1) is 14.7. The highest BCUT2D eigenvalue weighted by Gasteiger charge is 2.37. The SMILES string of the molecule is COc1ccc(F)cc1S(=O)(=O)NC1CC(C(=O)O)C1. The summed E-state index contributed by atoms with van der Waals surface area (Å²) in [6, 6.07) is 2.75. The zero-order valence-electron chi connectivity index (χ0n) is 10.7. The van der Waals surface area contributed by atoms with E-state index < -0.39 is 33.8 Å². The number of carbonyl (C=O) groups is 1. The van der Waals surface area contributed by atoms with Crippen molar-refractivity contribution in [1.82, 2.24) is 4.72 Å². The van der Waals surface area contributed by atoms with Crippen molar-refractivity contribution in [2.45, 2.75) is 23.8 Å². The van der Waals surface area contributed by atoms with Gasteiger partial charge in [-0.25, -0.2) is 17.5 Å². The Morgan fingerprint density at radius 3 is 2.65 bits per heavy atom. The van der Waals surface area contributed by atoms with Gasteiger partial charge in [-0.1, -0.05) is 0 Å². The van der Waals surface area contributed by atoms with Gasteiger partial charge in [-0.3, -0.25) is 4.79 Å². The third-order valence-corrected chi connectivity index (χ3v) is 4.77. The van der Waals surface area contributed by atoms with Crippen molar-refractivity contribution in [3.63, 3.8) is 0 Å². The molecule has 0 bridgehead atoms. The fourth-order valence-electron chi connectivity index (χ4n) is 2.06. The van der Waals surface area contributed by atoms with Gasteiger partial charge in [0.2, 0.25) is 10.0 Å². The highest BCUT2D eigenvalue weighted by molar-refractivity contribution is 7.89. The third-order valence-electron chi connectivity index (χ3n) is 3.22. The van der Waals surface area contributed by atoms with Crippen LogP contribution in [0.2, 0.25) is 0 Å². The molecule has 20 heavy (non-hydrogen) atoms. The van der Waals surface area contributed by atoms with Crippen molar-refractivity contribution in [1.29, 1.82) is 0 Å². The van der Waals surface area contributed by atoms with E-state index >= 15 is 0 Å². The van der Waals surface area contributed by atoms with Gasteiger partial charge in [0.25, 0.3) is 0 Å². The Morgan fingerprint density at radius 1 is 1.45 bits per heavy atom. The van der Waals surface area contributed by atoms with E-state index in [-0.39, 0.29) is 23.5 Å². The molecule has 0 atom stereocenters. The van der Waals surface area contributed by atoms with Gasteiger partial charge in [0.05, 0.1) is 13.0 Å². The predicted octanol–water partition coefficient (Wildman–Crippen LogP) is 0.976. The first-order chi connectivity index (χ1) is 9.33. The first-order valence-electron chi connectivity index (χ1n) is 5.92. The number of benzene rings is 1. The van der Waals surface area contributed by atoms with Gasteiger partial charge in [0.15, 0.2) is 0 Å². The van der Waals surface area contributed by atoms with E-state index in [9.17, 15) is 17.6 Å². The van der Waals surface area contributed by atoms with Crippen LogP contribution >= 0.6 is 0 Å². The van der Waals surface area contributed by atoms with E-state index in [2.05, 4.69) is 4.72 Å². The second kappa shape index (κ2) is 5.37. The van der Waals surface area contributed by atoms with Gasteiger partial charge in [0, 0.05) is 6.04 Å². The normalized spacial score (nSPS) is 22.1. The number of hydrogen-bond donors (Lipinski definition) is 2. The van der Waals surface area contributed by atoms with Gasteiger partial charge in [-0.2, -0.15) is 0 Å². The predicted molar refractivity (Wildman–Crippen MR) is 67.4 cm³/mol. The van der Waals surface area contributed by atoms with Crippen LogP contribution in [0, 0.1) is 11.7 Å². The summed E-state index contributed by atoms with van der Waals surface area (Å²) >= 11 is 0. The number of hydrogen-bond acceptors (Lipinski definition) is 4. The molecule has 1 aromatic carbocycles. The molecule has 1 saturated carbocycles. The summed E-state index contributed by atoms with van der Waals surface area (Å²) in [5, 5.41) is 8.74. The van der Waals surface area contributed by atoms with Crippen molar-refractivity contribution in [2.24, 2.45) is 5.92 Å². The van der Waals surface area contributed by atoms with E-state index in [1.807, 2.05) is 0 Å². The Labute approximate surface area is 115 Å². The van der Waals surface area contributed by atoms with Crippen LogP contribution in [0.5, 0.6) is 5.75 Å². The lowest BCUT2D eigenvalue weighted by Gasteiger charge is -2.32. The Hall–Kier alpha value is -1.67. The number of carboxylic acid groups (broad SMARTS) is 1. The van der Waals surface area contributed by atoms with Crippen LogP contribution in [0.1, 0.15) is 12.8 Å². The fraction of sp³-hybridized carbons (Fsp3) is 0.417. The minimum absolute atomic E-state index is 0.0352. The van der Waals surface area contributed by atoms with Crippen LogP contribution in [-0.2, 0) is 14.8 Å². The molecule has 1 aliphatic carbocycles. The van der Waals surface area contributed by atoms with Crippen LogP contribution in [0.15, 0.2) is 23.1 Å². The Balaban J connectivity index is 2.16. The van der Waals surface area contributed by atoms with Crippen LogP contribution in [0.3, 0.4) is 0 Å². The Morgan fingerprint density at radius 2 is 2.10 bits per heavy atom. The smallest absolute Gasteiger partial charge is 0.306 e. The molecule has 1 aromatic rings. The first-order valence-corrected chi connectivity index (χ1v) is 7.40. The average Bonchev–Trinajstić information content (AvgIpc) is 2.33. The van der Waals surface area contributed by atoms with E-state index in [1.165, 1.54) is 13.2 Å². The molecule has 110 valence electrons. The third kappa shape index (κ3) is 2.91. The summed E-state index contributed by atoms with van der Waals surface area (Å²) in [5.41, 5.74) is 0. The maximum Gasteiger partial charge on any atom is 0.306 e. The number of halogens is 1. The van der Waals surface area contributed by atoms with Crippen LogP contribution in [0.4, 0.5) is 4.39 Å². The molecule has 0 spiro atoms. The lowest BCUT2D eigenvalue weighted by molar-refractivity contribution is -0.145. The van der Waals surface area contributed by atoms with Gasteiger partial charge in [-0.15, -0.1) is 0 Å². The number of rotatable bonds is 5. The van der Waals surface area contributed by atoms with Crippen molar-refractivity contribution >= 4 is 16.0 Å². The molecule has 0 amide bonds. The summed E-state index contributed by atoms with van der Waals surface area (Å²) in [4.78, 5) is 10.4. The molecule has 0 heterocycles. The van der Waals surface area contributed by atoms with E-state index in [4.69, 9.17) is 9.84 Å². The van der Waals surface area contributed by atoms with E-state index in [0.717, 1.165) is 12.1 Å². The average molecular weight is 303 g/mol. The van der Waals surface area contributed by atoms with Crippen molar-refractivity contribution < 1.29 is 27.4 Å². The van der Waals surface area contributed by atoms with Gasteiger partial charge >= 0.3 is 5.97 Å². The summed E-state index contributed by atoms with van der Waals surface area (Å²) in [7, 11) is -2.65. The summed E-state index contributed by atoms with van der Waals surface area (Å²) in [6.07, 6.45) is 0.457.